The molecule has 2 N–H and O–H groups in total. The first-order valence-electron chi connectivity index (χ1n) is 7.74. The summed E-state index contributed by atoms with van der Waals surface area (Å²) >= 11 is 0. The average Bonchev–Trinajstić information content (AvgIpc) is 2.79. The Labute approximate surface area is 145 Å². The third-order valence-electron chi connectivity index (χ3n) is 3.85. The molecule has 2 rings (SSSR count). The first-order valence-corrected chi connectivity index (χ1v) is 7.74. The Balaban J connectivity index is 2.20. The molecule has 0 saturated heterocycles. The van der Waals surface area contributed by atoms with Crippen LogP contribution >= 0.6 is 0 Å². The van der Waals surface area contributed by atoms with Crippen LogP contribution in [0.1, 0.15) is 28.2 Å². The van der Waals surface area contributed by atoms with Crippen LogP contribution in [-0.4, -0.2) is 40.9 Å². The first-order chi connectivity index (χ1) is 11.7. The predicted octanol–water partition coefficient (Wildman–Crippen LogP) is 2.43. The number of carbonyl (C=O) groups is 2. The zero-order valence-electron chi connectivity index (χ0n) is 14.6. The number of hydrogen-bond acceptors (Lipinski definition) is 4. The van der Waals surface area contributed by atoms with Crippen molar-refractivity contribution in [1.82, 2.24) is 9.78 Å². The Morgan fingerprint density at radius 3 is 2.56 bits per heavy atom. The smallest absolute Gasteiger partial charge is 0.305 e. The van der Waals surface area contributed by atoms with Gasteiger partial charge in [-0.2, -0.15) is 5.10 Å². The molecule has 0 atom stereocenters. The van der Waals surface area contributed by atoms with E-state index in [0.717, 1.165) is 0 Å². The molecule has 1 heterocycles. The fraction of sp³-hybridized carbons (Fsp3) is 0.353. The minimum atomic E-state index is -0.922. The number of nitrogens with zero attached hydrogens (tertiary/aromatic N) is 3. The molecule has 134 valence electrons. The van der Waals surface area contributed by atoms with E-state index in [-0.39, 0.29) is 18.5 Å². The molecule has 0 aliphatic rings. The molecule has 1 aromatic carbocycles. The molecular formula is C17H21FN4O3. The number of aliphatic carboxylic acids is 1. The van der Waals surface area contributed by atoms with Crippen LogP contribution in [0.4, 0.5) is 15.8 Å². The van der Waals surface area contributed by atoms with Crippen LogP contribution in [0.3, 0.4) is 0 Å². The number of amides is 1. The van der Waals surface area contributed by atoms with Gasteiger partial charge in [-0.05, 0) is 32.0 Å². The number of carboxylic acids is 1. The van der Waals surface area contributed by atoms with Crippen molar-refractivity contribution in [3.8, 4) is 0 Å². The van der Waals surface area contributed by atoms with Crippen molar-refractivity contribution < 1.29 is 19.1 Å². The minimum absolute atomic E-state index is 0.0629. The molecule has 1 aromatic heterocycles. The van der Waals surface area contributed by atoms with Gasteiger partial charge in [0.1, 0.15) is 5.82 Å². The highest BCUT2D eigenvalue weighted by molar-refractivity contribution is 6.05. The summed E-state index contributed by atoms with van der Waals surface area (Å²) in [6, 6.07) is 4.28. The Hall–Kier alpha value is -2.90. The lowest BCUT2D eigenvalue weighted by molar-refractivity contribution is -0.137. The van der Waals surface area contributed by atoms with E-state index in [1.165, 1.54) is 10.7 Å². The number of rotatable bonds is 6. The lowest BCUT2D eigenvalue weighted by Gasteiger charge is -2.14. The van der Waals surface area contributed by atoms with Crippen molar-refractivity contribution in [2.45, 2.75) is 26.8 Å². The van der Waals surface area contributed by atoms with E-state index in [0.29, 0.717) is 22.8 Å². The van der Waals surface area contributed by atoms with Crippen LogP contribution in [-0.2, 0) is 11.3 Å². The largest absolute Gasteiger partial charge is 0.481 e. The number of carbonyl (C=O) groups excluding carboxylic acids is 1. The van der Waals surface area contributed by atoms with Gasteiger partial charge in [-0.3, -0.25) is 14.3 Å². The lowest BCUT2D eigenvalue weighted by atomic mass is 10.1. The van der Waals surface area contributed by atoms with Crippen molar-refractivity contribution in [2.24, 2.45) is 0 Å². The maximum Gasteiger partial charge on any atom is 0.305 e. The van der Waals surface area contributed by atoms with Gasteiger partial charge in [0.2, 0.25) is 0 Å². The number of aromatic nitrogens is 2. The van der Waals surface area contributed by atoms with Gasteiger partial charge >= 0.3 is 5.97 Å². The summed E-state index contributed by atoms with van der Waals surface area (Å²) in [5, 5.41) is 15.7. The van der Waals surface area contributed by atoms with Crippen molar-refractivity contribution in [3.63, 3.8) is 0 Å². The molecule has 0 spiro atoms. The molecule has 0 unspecified atom stereocenters. The lowest BCUT2D eigenvalue weighted by Crippen LogP contribution is -2.15. The van der Waals surface area contributed by atoms with E-state index >= 15 is 0 Å². The number of benzene rings is 1. The Kier molecular flexibility index (Phi) is 5.41. The second-order valence-corrected chi connectivity index (χ2v) is 5.93. The summed E-state index contributed by atoms with van der Waals surface area (Å²) in [5.41, 5.74) is 2.32. The third kappa shape index (κ3) is 4.14. The summed E-state index contributed by atoms with van der Waals surface area (Å²) in [6.45, 7) is 3.67. The normalized spacial score (nSPS) is 10.6. The maximum atomic E-state index is 14.0. The number of carboxylic acid groups (broad SMARTS) is 1. The van der Waals surface area contributed by atoms with E-state index in [1.54, 1.807) is 45.0 Å². The highest BCUT2D eigenvalue weighted by Crippen LogP contribution is 2.22. The third-order valence-corrected chi connectivity index (χ3v) is 3.85. The second kappa shape index (κ2) is 7.33. The Bertz CT molecular complexity index is 814. The van der Waals surface area contributed by atoms with Crippen molar-refractivity contribution in [3.05, 3.63) is 41.0 Å². The number of hydrogen-bond donors (Lipinski definition) is 2. The van der Waals surface area contributed by atoms with Gasteiger partial charge < -0.3 is 15.3 Å². The molecule has 0 radical (unpaired) electrons. The summed E-state index contributed by atoms with van der Waals surface area (Å²) < 4.78 is 15.6. The summed E-state index contributed by atoms with van der Waals surface area (Å²) in [7, 11) is 3.44. The summed E-state index contributed by atoms with van der Waals surface area (Å²) in [5.74, 6) is -1.86. The number of nitrogens with one attached hydrogen (secondary N) is 1. The highest BCUT2D eigenvalue weighted by Gasteiger charge is 2.17. The SMILES string of the molecule is Cc1nn(CCC(=O)O)c(C)c1NC(=O)c1ccc(N(C)C)c(F)c1. The van der Waals surface area contributed by atoms with Gasteiger partial charge in [0.05, 0.1) is 35.7 Å². The molecule has 0 aliphatic carbocycles. The molecule has 2 aromatic rings. The molecule has 8 heteroatoms. The van der Waals surface area contributed by atoms with E-state index in [4.69, 9.17) is 5.11 Å². The summed E-state index contributed by atoms with van der Waals surface area (Å²) in [4.78, 5) is 24.7. The van der Waals surface area contributed by atoms with E-state index < -0.39 is 17.7 Å². The van der Waals surface area contributed by atoms with Crippen LogP contribution in [0, 0.1) is 19.7 Å². The number of anilines is 2. The average molecular weight is 348 g/mol. The molecule has 1 amide bonds. The standard InChI is InChI=1S/C17H21FN4O3/c1-10-16(11(2)22(20-10)8-7-15(23)24)19-17(25)12-5-6-14(21(3)4)13(18)9-12/h5-6,9H,7-8H2,1-4H3,(H,19,25)(H,23,24). The highest BCUT2D eigenvalue weighted by atomic mass is 19.1. The molecule has 0 bridgehead atoms. The number of halogens is 1. The summed E-state index contributed by atoms with van der Waals surface area (Å²) in [6.07, 6.45) is -0.0629. The van der Waals surface area contributed by atoms with Gasteiger partial charge in [0, 0.05) is 19.7 Å². The zero-order valence-corrected chi connectivity index (χ0v) is 14.6. The second-order valence-electron chi connectivity index (χ2n) is 5.93. The fourth-order valence-corrected chi connectivity index (χ4v) is 2.49. The topological polar surface area (TPSA) is 87.5 Å². The van der Waals surface area contributed by atoms with Gasteiger partial charge in [-0.1, -0.05) is 0 Å². The van der Waals surface area contributed by atoms with E-state index in [2.05, 4.69) is 10.4 Å². The van der Waals surface area contributed by atoms with Crippen LogP contribution in [0.2, 0.25) is 0 Å². The number of aryl methyl sites for hydroxylation is 2. The van der Waals surface area contributed by atoms with Gasteiger partial charge in [0.25, 0.3) is 5.91 Å². The van der Waals surface area contributed by atoms with E-state index in [1.807, 2.05) is 0 Å². The fourth-order valence-electron chi connectivity index (χ4n) is 2.49. The Morgan fingerprint density at radius 1 is 1.32 bits per heavy atom. The van der Waals surface area contributed by atoms with Gasteiger partial charge in [-0.25, -0.2) is 4.39 Å². The molecule has 0 aliphatic heterocycles. The first kappa shape index (κ1) is 18.4. The maximum absolute atomic E-state index is 14.0. The van der Waals surface area contributed by atoms with Crippen LogP contribution in [0.25, 0.3) is 0 Å². The quantitative estimate of drug-likeness (QED) is 0.837. The van der Waals surface area contributed by atoms with Gasteiger partial charge in [0.15, 0.2) is 0 Å². The van der Waals surface area contributed by atoms with Crippen molar-refractivity contribution >= 4 is 23.3 Å². The molecule has 25 heavy (non-hydrogen) atoms. The van der Waals surface area contributed by atoms with Gasteiger partial charge in [-0.15, -0.1) is 0 Å². The minimum Gasteiger partial charge on any atom is -0.481 e. The molecule has 0 saturated carbocycles. The predicted molar refractivity (Wildman–Crippen MR) is 92.6 cm³/mol. The zero-order chi connectivity index (χ0) is 18.7. The van der Waals surface area contributed by atoms with Crippen LogP contribution in [0.15, 0.2) is 18.2 Å². The van der Waals surface area contributed by atoms with E-state index in [9.17, 15) is 14.0 Å². The Morgan fingerprint density at radius 2 is 2.00 bits per heavy atom. The van der Waals surface area contributed by atoms with Crippen LogP contribution in [0.5, 0.6) is 0 Å². The molecule has 7 nitrogen and oxygen atoms in total. The molecular weight excluding hydrogens is 327 g/mol. The monoisotopic (exact) mass is 348 g/mol. The molecule has 0 fully saturated rings. The van der Waals surface area contributed by atoms with Crippen LogP contribution < -0.4 is 10.2 Å². The van der Waals surface area contributed by atoms with Crippen molar-refractivity contribution in [1.29, 1.82) is 0 Å². The van der Waals surface area contributed by atoms with Crippen molar-refractivity contribution in [2.75, 3.05) is 24.3 Å².